The van der Waals surface area contributed by atoms with Gasteiger partial charge in [0.2, 0.25) is 5.75 Å². The largest absolute Gasteiger partial charge is 0.493 e. The van der Waals surface area contributed by atoms with Crippen LogP contribution in [-0.4, -0.2) is 26.4 Å². The summed E-state index contributed by atoms with van der Waals surface area (Å²) in [5.74, 6) is 2.56. The van der Waals surface area contributed by atoms with Gasteiger partial charge in [-0.05, 0) is 51.0 Å². The minimum atomic E-state index is -0.467. The molecule has 0 amide bonds. The fourth-order valence-corrected chi connectivity index (χ4v) is 2.47. The van der Waals surface area contributed by atoms with Crippen LogP contribution in [0, 0.1) is 0 Å². The lowest BCUT2D eigenvalue weighted by atomic mass is 10.1. The summed E-state index contributed by atoms with van der Waals surface area (Å²) in [6.07, 6.45) is 4.35. The van der Waals surface area contributed by atoms with Crippen molar-refractivity contribution >= 4 is 12.2 Å². The van der Waals surface area contributed by atoms with Gasteiger partial charge >= 0.3 is 5.63 Å². The zero-order chi connectivity index (χ0) is 20.7. The van der Waals surface area contributed by atoms with Crippen molar-refractivity contribution in [3.8, 4) is 23.0 Å². The minimum absolute atomic E-state index is 0.0298. The van der Waals surface area contributed by atoms with Gasteiger partial charge in [-0.25, -0.2) is 4.79 Å². The van der Waals surface area contributed by atoms with Crippen LogP contribution in [0.4, 0.5) is 0 Å². The van der Waals surface area contributed by atoms with E-state index in [1.54, 1.807) is 32.4 Å². The van der Waals surface area contributed by atoms with E-state index in [2.05, 4.69) is 0 Å². The van der Waals surface area contributed by atoms with Crippen LogP contribution in [0.5, 0.6) is 23.0 Å². The first-order valence-electron chi connectivity index (χ1n) is 9.28. The highest BCUT2D eigenvalue weighted by Gasteiger charge is 2.15. The Morgan fingerprint density at radius 2 is 1.61 bits per heavy atom. The van der Waals surface area contributed by atoms with Crippen molar-refractivity contribution in [1.82, 2.24) is 0 Å². The first kappa shape index (κ1) is 21.4. The molecule has 28 heavy (non-hydrogen) atoms. The van der Waals surface area contributed by atoms with E-state index in [0.29, 0.717) is 28.8 Å². The third-order valence-electron chi connectivity index (χ3n) is 3.95. The van der Waals surface area contributed by atoms with Crippen molar-refractivity contribution in [3.63, 3.8) is 0 Å². The summed E-state index contributed by atoms with van der Waals surface area (Å²) in [6, 6.07) is 6.67. The highest BCUT2D eigenvalue weighted by Crippen LogP contribution is 2.40. The van der Waals surface area contributed by atoms with Gasteiger partial charge in [-0.3, -0.25) is 0 Å². The van der Waals surface area contributed by atoms with Crippen molar-refractivity contribution in [2.75, 3.05) is 14.2 Å². The highest BCUT2D eigenvalue weighted by atomic mass is 16.5. The lowest BCUT2D eigenvalue weighted by Gasteiger charge is -2.18. The van der Waals surface area contributed by atoms with Crippen molar-refractivity contribution in [2.24, 2.45) is 0 Å². The molecule has 0 radical (unpaired) electrons. The SMILES string of the molecule is CCC(C)Oc1c(OC)cc(/C=C/c2cc(OC(C)C)cc(=O)o2)cc1OC. The molecule has 2 aromatic rings. The fourth-order valence-electron chi connectivity index (χ4n) is 2.47. The normalized spacial score (nSPS) is 12.2. The van der Waals surface area contributed by atoms with Crippen LogP contribution in [0.25, 0.3) is 12.2 Å². The first-order valence-corrected chi connectivity index (χ1v) is 9.28. The molecule has 1 unspecified atom stereocenters. The summed E-state index contributed by atoms with van der Waals surface area (Å²) in [7, 11) is 3.16. The van der Waals surface area contributed by atoms with Gasteiger partial charge in [-0.2, -0.15) is 0 Å². The molecule has 0 aliphatic carbocycles. The van der Waals surface area contributed by atoms with Crippen LogP contribution in [-0.2, 0) is 0 Å². The summed E-state index contributed by atoms with van der Waals surface area (Å²) in [5.41, 5.74) is 0.341. The Bertz CT molecular complexity index is 841. The van der Waals surface area contributed by atoms with Gasteiger partial charge in [0, 0.05) is 6.07 Å². The van der Waals surface area contributed by atoms with Crippen LogP contribution in [0.3, 0.4) is 0 Å². The number of rotatable bonds is 9. The molecule has 0 bridgehead atoms. The summed E-state index contributed by atoms with van der Waals surface area (Å²) >= 11 is 0. The Morgan fingerprint density at radius 1 is 0.964 bits per heavy atom. The topological polar surface area (TPSA) is 67.1 Å². The van der Waals surface area contributed by atoms with Crippen LogP contribution in [0.1, 0.15) is 45.4 Å². The molecule has 1 aromatic heterocycles. The van der Waals surface area contributed by atoms with Gasteiger partial charge in [0.15, 0.2) is 11.5 Å². The fraction of sp³-hybridized carbons (Fsp3) is 0.409. The molecule has 152 valence electrons. The van der Waals surface area contributed by atoms with E-state index in [4.69, 9.17) is 23.4 Å². The zero-order valence-electron chi connectivity index (χ0n) is 17.3. The summed E-state index contributed by atoms with van der Waals surface area (Å²) in [6.45, 7) is 7.82. The second kappa shape index (κ2) is 9.88. The highest BCUT2D eigenvalue weighted by molar-refractivity contribution is 5.71. The summed E-state index contributed by atoms with van der Waals surface area (Å²) in [5, 5.41) is 0. The smallest absolute Gasteiger partial charge is 0.339 e. The Morgan fingerprint density at radius 3 is 2.14 bits per heavy atom. The molecule has 0 N–H and O–H groups in total. The van der Waals surface area contributed by atoms with Gasteiger partial charge < -0.3 is 23.4 Å². The van der Waals surface area contributed by atoms with Gasteiger partial charge in [0.25, 0.3) is 0 Å². The molecule has 0 saturated heterocycles. The molecule has 0 saturated carbocycles. The van der Waals surface area contributed by atoms with E-state index in [-0.39, 0.29) is 12.2 Å². The number of methoxy groups -OCH3 is 2. The first-order chi connectivity index (χ1) is 13.4. The van der Waals surface area contributed by atoms with Crippen molar-refractivity contribution in [1.29, 1.82) is 0 Å². The second-order valence-electron chi connectivity index (χ2n) is 6.61. The van der Waals surface area contributed by atoms with Crippen LogP contribution >= 0.6 is 0 Å². The molecule has 1 heterocycles. The maximum atomic E-state index is 11.7. The van der Waals surface area contributed by atoms with E-state index in [1.807, 2.05) is 39.8 Å². The Balaban J connectivity index is 2.36. The maximum absolute atomic E-state index is 11.7. The van der Waals surface area contributed by atoms with Crippen molar-refractivity contribution in [3.05, 3.63) is 46.0 Å². The molecular formula is C22H28O6. The third kappa shape index (κ3) is 5.81. The Hall–Kier alpha value is -2.89. The molecule has 6 nitrogen and oxygen atoms in total. The van der Waals surface area contributed by atoms with E-state index >= 15 is 0 Å². The second-order valence-corrected chi connectivity index (χ2v) is 6.61. The summed E-state index contributed by atoms with van der Waals surface area (Å²) in [4.78, 5) is 11.7. The van der Waals surface area contributed by atoms with Gasteiger partial charge in [0.05, 0.1) is 32.5 Å². The van der Waals surface area contributed by atoms with Crippen LogP contribution in [0.2, 0.25) is 0 Å². The van der Waals surface area contributed by atoms with Crippen LogP contribution < -0.4 is 24.6 Å². The molecule has 0 aliphatic heterocycles. The van der Waals surface area contributed by atoms with Gasteiger partial charge in [0.1, 0.15) is 11.5 Å². The van der Waals surface area contributed by atoms with E-state index < -0.39 is 5.63 Å². The van der Waals surface area contributed by atoms with Gasteiger partial charge in [-0.15, -0.1) is 0 Å². The van der Waals surface area contributed by atoms with E-state index in [9.17, 15) is 4.79 Å². The summed E-state index contributed by atoms with van der Waals surface area (Å²) < 4.78 is 27.7. The third-order valence-corrected chi connectivity index (χ3v) is 3.95. The average molecular weight is 388 g/mol. The zero-order valence-corrected chi connectivity index (χ0v) is 17.3. The van der Waals surface area contributed by atoms with E-state index in [0.717, 1.165) is 12.0 Å². The number of ether oxygens (including phenoxy) is 4. The molecular weight excluding hydrogens is 360 g/mol. The number of hydrogen-bond donors (Lipinski definition) is 0. The molecule has 0 fully saturated rings. The molecule has 1 atom stereocenters. The predicted molar refractivity (Wildman–Crippen MR) is 110 cm³/mol. The van der Waals surface area contributed by atoms with Crippen molar-refractivity contribution < 1.29 is 23.4 Å². The van der Waals surface area contributed by atoms with Crippen LogP contribution in [0.15, 0.2) is 33.5 Å². The molecule has 0 aliphatic rings. The molecule has 2 rings (SSSR count). The predicted octanol–water partition coefficient (Wildman–Crippen LogP) is 4.79. The number of hydrogen-bond acceptors (Lipinski definition) is 6. The molecule has 6 heteroatoms. The molecule has 0 spiro atoms. The average Bonchev–Trinajstić information content (AvgIpc) is 2.65. The minimum Gasteiger partial charge on any atom is -0.493 e. The Kier molecular flexibility index (Phi) is 7.55. The Labute approximate surface area is 165 Å². The quantitative estimate of drug-likeness (QED) is 0.615. The van der Waals surface area contributed by atoms with Gasteiger partial charge in [-0.1, -0.05) is 13.0 Å². The monoisotopic (exact) mass is 388 g/mol. The van der Waals surface area contributed by atoms with Crippen molar-refractivity contribution in [2.45, 2.75) is 46.3 Å². The lowest BCUT2D eigenvalue weighted by molar-refractivity contribution is 0.198. The lowest BCUT2D eigenvalue weighted by Crippen LogP contribution is -2.11. The standard InChI is InChI=1S/C22H28O6/c1-7-15(4)27-22-19(24-5)10-16(11-20(22)25-6)8-9-17-12-18(26-14(2)3)13-21(23)28-17/h8-15H,7H2,1-6H3/b9-8+. The molecule has 1 aromatic carbocycles. The number of benzene rings is 1. The maximum Gasteiger partial charge on any atom is 0.339 e. The van der Waals surface area contributed by atoms with E-state index in [1.165, 1.54) is 6.07 Å².